The summed E-state index contributed by atoms with van der Waals surface area (Å²) in [6, 6.07) is 14.0. The predicted molar refractivity (Wildman–Crippen MR) is 140 cm³/mol. The molecule has 0 spiro atoms. The molecule has 0 aliphatic rings. The number of nitrogens with one attached hydrogen (secondary N) is 3. The molecule has 7 nitrogen and oxygen atoms in total. The molecule has 0 fully saturated rings. The first-order valence-electron chi connectivity index (χ1n) is 10.4. The van der Waals surface area contributed by atoms with Gasteiger partial charge in [-0.1, -0.05) is 12.1 Å². The Labute approximate surface area is 208 Å². The second-order valence-corrected chi connectivity index (χ2v) is 8.48. The number of thiocarbonyl (C=S) groups is 2. The van der Waals surface area contributed by atoms with E-state index in [9.17, 15) is 9.59 Å². The summed E-state index contributed by atoms with van der Waals surface area (Å²) in [6.45, 7) is 7.80. The number of carbonyl (C=O) groups excluding carboxylic acids is 2. The standard InChI is InChI=1S/C25H24N4O3S2/c1-14-7-9-18(12-16(14)3)22(30)28-24(33)27-21-20(6-5-11-26-21)32-25(34)29-23(31)19-10-8-15(2)17(4)13-19/h5-13H,1-4H3,(H,29,31,34)(H2,26,27,28,30,33). The minimum Gasteiger partial charge on any atom is -0.428 e. The molecular weight excluding hydrogens is 468 g/mol. The van der Waals surface area contributed by atoms with Gasteiger partial charge in [0.1, 0.15) is 0 Å². The fourth-order valence-electron chi connectivity index (χ4n) is 2.94. The van der Waals surface area contributed by atoms with Crippen LogP contribution in [0.1, 0.15) is 43.0 Å². The molecule has 0 radical (unpaired) electrons. The van der Waals surface area contributed by atoms with Crippen molar-refractivity contribution in [1.29, 1.82) is 0 Å². The molecule has 1 aromatic heterocycles. The average molecular weight is 493 g/mol. The number of rotatable bonds is 4. The van der Waals surface area contributed by atoms with Crippen LogP contribution in [0.15, 0.2) is 54.7 Å². The lowest BCUT2D eigenvalue weighted by Crippen LogP contribution is -2.35. The van der Waals surface area contributed by atoms with Gasteiger partial charge in [0.05, 0.1) is 0 Å². The number of aryl methyl sites for hydroxylation is 4. The molecule has 3 N–H and O–H groups in total. The summed E-state index contributed by atoms with van der Waals surface area (Å²) in [5.41, 5.74) is 5.13. The summed E-state index contributed by atoms with van der Waals surface area (Å²) < 4.78 is 5.61. The quantitative estimate of drug-likeness (QED) is 0.461. The van der Waals surface area contributed by atoms with Gasteiger partial charge in [-0.3, -0.25) is 20.2 Å². The molecule has 0 unspecified atom stereocenters. The smallest absolute Gasteiger partial charge is 0.269 e. The summed E-state index contributed by atoms with van der Waals surface area (Å²) in [4.78, 5) is 29.2. The van der Waals surface area contributed by atoms with Crippen molar-refractivity contribution in [2.45, 2.75) is 27.7 Å². The van der Waals surface area contributed by atoms with E-state index in [4.69, 9.17) is 29.2 Å². The van der Waals surface area contributed by atoms with E-state index in [-0.39, 0.29) is 33.7 Å². The molecule has 3 aromatic rings. The van der Waals surface area contributed by atoms with Gasteiger partial charge in [-0.15, -0.1) is 0 Å². The molecule has 0 saturated heterocycles. The highest BCUT2D eigenvalue weighted by Gasteiger charge is 2.15. The van der Waals surface area contributed by atoms with Crippen molar-refractivity contribution in [3.63, 3.8) is 0 Å². The summed E-state index contributed by atoms with van der Waals surface area (Å²) >= 11 is 10.4. The maximum Gasteiger partial charge on any atom is 0.269 e. The second kappa shape index (κ2) is 11.0. The summed E-state index contributed by atoms with van der Waals surface area (Å²) in [5, 5.41) is 7.89. The largest absolute Gasteiger partial charge is 0.428 e. The van der Waals surface area contributed by atoms with Crippen LogP contribution in [0.4, 0.5) is 5.82 Å². The summed E-state index contributed by atoms with van der Waals surface area (Å²) in [5.74, 6) is -0.274. The lowest BCUT2D eigenvalue weighted by Gasteiger charge is -2.14. The van der Waals surface area contributed by atoms with Crippen molar-refractivity contribution in [2.75, 3.05) is 5.32 Å². The topological polar surface area (TPSA) is 92.3 Å². The van der Waals surface area contributed by atoms with Crippen molar-refractivity contribution in [2.24, 2.45) is 0 Å². The van der Waals surface area contributed by atoms with E-state index >= 15 is 0 Å². The molecule has 2 aromatic carbocycles. The van der Waals surface area contributed by atoms with Crippen LogP contribution in [0.2, 0.25) is 0 Å². The number of ether oxygens (including phenoxy) is 1. The number of aromatic nitrogens is 1. The zero-order valence-corrected chi connectivity index (χ0v) is 20.8. The van der Waals surface area contributed by atoms with Gasteiger partial charge in [0.2, 0.25) is 0 Å². The Kier molecular flexibility index (Phi) is 8.04. The number of hydrogen-bond acceptors (Lipinski definition) is 6. The SMILES string of the molecule is Cc1ccc(C(=O)NC(=S)Nc2ncccc2OC(=S)NC(=O)c2ccc(C)c(C)c2)cc1C. The van der Waals surface area contributed by atoms with Crippen LogP contribution in [-0.2, 0) is 0 Å². The highest BCUT2D eigenvalue weighted by atomic mass is 32.1. The minimum atomic E-state index is -0.386. The zero-order chi connectivity index (χ0) is 24.8. The number of carbonyl (C=O) groups is 2. The Balaban J connectivity index is 1.63. The van der Waals surface area contributed by atoms with E-state index in [0.29, 0.717) is 11.1 Å². The monoisotopic (exact) mass is 492 g/mol. The van der Waals surface area contributed by atoms with Gasteiger partial charge in [-0.05, 0) is 111 Å². The third kappa shape index (κ3) is 6.43. The molecular formula is C25H24N4O3S2. The summed E-state index contributed by atoms with van der Waals surface area (Å²) in [7, 11) is 0. The fraction of sp³-hybridized carbons (Fsp3) is 0.160. The Bertz CT molecular complexity index is 1190. The van der Waals surface area contributed by atoms with E-state index < -0.39 is 0 Å². The first-order valence-corrected chi connectivity index (χ1v) is 11.2. The molecule has 174 valence electrons. The van der Waals surface area contributed by atoms with Crippen LogP contribution < -0.4 is 20.7 Å². The van der Waals surface area contributed by atoms with Gasteiger partial charge in [0.15, 0.2) is 16.7 Å². The van der Waals surface area contributed by atoms with Crippen molar-refractivity contribution in [3.05, 3.63) is 88.1 Å². The number of benzene rings is 2. The first-order chi connectivity index (χ1) is 16.1. The van der Waals surface area contributed by atoms with Crippen molar-refractivity contribution < 1.29 is 14.3 Å². The number of amides is 2. The van der Waals surface area contributed by atoms with E-state index in [1.807, 2.05) is 39.8 Å². The van der Waals surface area contributed by atoms with Gasteiger partial charge >= 0.3 is 0 Å². The van der Waals surface area contributed by atoms with E-state index in [1.165, 1.54) is 6.20 Å². The van der Waals surface area contributed by atoms with E-state index in [2.05, 4.69) is 20.9 Å². The third-order valence-corrected chi connectivity index (χ3v) is 5.58. The maximum absolute atomic E-state index is 12.5. The number of pyridine rings is 1. The molecule has 0 aliphatic heterocycles. The van der Waals surface area contributed by atoms with Crippen molar-refractivity contribution in [3.8, 4) is 5.75 Å². The Morgan fingerprint density at radius 2 is 1.35 bits per heavy atom. The lowest BCUT2D eigenvalue weighted by molar-refractivity contribution is 0.0966. The van der Waals surface area contributed by atoms with Gasteiger partial charge in [0.25, 0.3) is 17.0 Å². The van der Waals surface area contributed by atoms with Crippen LogP contribution >= 0.6 is 24.4 Å². The van der Waals surface area contributed by atoms with Crippen LogP contribution in [0.5, 0.6) is 5.75 Å². The van der Waals surface area contributed by atoms with Gasteiger partial charge < -0.3 is 10.1 Å². The Hall–Kier alpha value is -3.69. The maximum atomic E-state index is 12.5. The van der Waals surface area contributed by atoms with Crippen LogP contribution in [0, 0.1) is 27.7 Å². The first kappa shape index (κ1) is 24.9. The van der Waals surface area contributed by atoms with Crippen LogP contribution in [-0.4, -0.2) is 27.1 Å². The number of hydrogen-bond donors (Lipinski definition) is 3. The molecule has 0 atom stereocenters. The molecule has 0 aliphatic carbocycles. The highest BCUT2D eigenvalue weighted by molar-refractivity contribution is 7.80. The normalized spacial score (nSPS) is 10.2. The molecule has 2 amide bonds. The van der Waals surface area contributed by atoms with E-state index in [1.54, 1.807) is 36.4 Å². The summed E-state index contributed by atoms with van der Waals surface area (Å²) in [6.07, 6.45) is 1.53. The molecule has 9 heteroatoms. The third-order valence-electron chi connectivity index (χ3n) is 5.19. The van der Waals surface area contributed by atoms with Crippen molar-refractivity contribution in [1.82, 2.24) is 15.6 Å². The number of anilines is 1. The molecule has 1 heterocycles. The van der Waals surface area contributed by atoms with Gasteiger partial charge in [-0.2, -0.15) is 0 Å². The minimum absolute atomic E-state index is 0.0388. The predicted octanol–water partition coefficient (Wildman–Crippen LogP) is 4.54. The Morgan fingerprint density at radius 1 is 0.794 bits per heavy atom. The Morgan fingerprint density at radius 3 is 1.91 bits per heavy atom. The average Bonchev–Trinajstić information content (AvgIpc) is 2.78. The van der Waals surface area contributed by atoms with Gasteiger partial charge in [-0.25, -0.2) is 4.98 Å². The van der Waals surface area contributed by atoms with Crippen LogP contribution in [0.3, 0.4) is 0 Å². The fourth-order valence-corrected chi connectivity index (χ4v) is 3.31. The molecule has 3 rings (SSSR count). The van der Waals surface area contributed by atoms with E-state index in [0.717, 1.165) is 22.3 Å². The zero-order valence-electron chi connectivity index (χ0n) is 19.2. The lowest BCUT2D eigenvalue weighted by atomic mass is 10.1. The molecule has 0 bridgehead atoms. The van der Waals surface area contributed by atoms with Crippen LogP contribution in [0.25, 0.3) is 0 Å². The molecule has 0 saturated carbocycles. The van der Waals surface area contributed by atoms with Crippen molar-refractivity contribution >= 4 is 52.4 Å². The second-order valence-electron chi connectivity index (χ2n) is 7.70. The molecule has 34 heavy (non-hydrogen) atoms. The highest BCUT2D eigenvalue weighted by Crippen LogP contribution is 2.21. The van der Waals surface area contributed by atoms with Gasteiger partial charge in [0, 0.05) is 17.3 Å². The number of nitrogens with zero attached hydrogens (tertiary/aromatic N) is 1.